The quantitative estimate of drug-likeness (QED) is 0.497. The maximum absolute atomic E-state index is 4.58. The van der Waals surface area contributed by atoms with E-state index in [1.54, 1.807) is 0 Å². The molecule has 0 unspecified atom stereocenters. The summed E-state index contributed by atoms with van der Waals surface area (Å²) < 4.78 is 0. The fourth-order valence-electron chi connectivity index (χ4n) is 1.71. The third kappa shape index (κ3) is 3.52. The van der Waals surface area contributed by atoms with Gasteiger partial charge < -0.3 is 4.90 Å². The van der Waals surface area contributed by atoms with Gasteiger partial charge in [0.2, 0.25) is 0 Å². The Morgan fingerprint density at radius 2 is 1.93 bits per heavy atom. The molecule has 1 saturated heterocycles. The van der Waals surface area contributed by atoms with Gasteiger partial charge in [0.25, 0.3) is 0 Å². The first-order chi connectivity index (χ1) is 6.74. The van der Waals surface area contributed by atoms with Crippen molar-refractivity contribution < 1.29 is 0 Å². The Hall–Kier alpha value is -0.790. The molecule has 2 nitrogen and oxygen atoms in total. The summed E-state index contributed by atoms with van der Waals surface area (Å²) >= 11 is 0. The van der Waals surface area contributed by atoms with Gasteiger partial charge in [-0.25, -0.2) is 4.99 Å². The van der Waals surface area contributed by atoms with Crippen LogP contribution in [0.25, 0.3) is 0 Å². The minimum absolute atomic E-state index is 1.11. The average molecular weight is 194 g/mol. The minimum atomic E-state index is 1.11. The van der Waals surface area contributed by atoms with Crippen molar-refractivity contribution in [3.63, 3.8) is 0 Å². The molecule has 14 heavy (non-hydrogen) atoms. The van der Waals surface area contributed by atoms with Crippen molar-refractivity contribution in [3.05, 3.63) is 11.8 Å². The number of allylic oxidation sites excluding steroid dienone is 1. The molecule has 1 aliphatic heterocycles. The van der Waals surface area contributed by atoms with E-state index in [9.17, 15) is 0 Å². The van der Waals surface area contributed by atoms with Gasteiger partial charge in [0.15, 0.2) is 0 Å². The van der Waals surface area contributed by atoms with E-state index >= 15 is 0 Å². The zero-order valence-electron chi connectivity index (χ0n) is 9.71. The normalized spacial score (nSPS) is 17.4. The lowest BCUT2D eigenvalue weighted by Crippen LogP contribution is -2.27. The zero-order chi connectivity index (χ0) is 10.4. The van der Waals surface area contributed by atoms with Crippen LogP contribution in [0.3, 0.4) is 0 Å². The van der Waals surface area contributed by atoms with Crippen molar-refractivity contribution in [1.29, 1.82) is 0 Å². The molecule has 1 rings (SSSR count). The molecule has 0 radical (unpaired) electrons. The largest absolute Gasteiger partial charge is 0.360 e. The Labute approximate surface area is 87.7 Å². The molecule has 1 fully saturated rings. The highest BCUT2D eigenvalue weighted by Gasteiger charge is 2.14. The summed E-state index contributed by atoms with van der Waals surface area (Å²) in [4.78, 5) is 7.01. The summed E-state index contributed by atoms with van der Waals surface area (Å²) in [7, 11) is 0. The molecule has 0 aliphatic carbocycles. The molecule has 0 aromatic rings. The van der Waals surface area contributed by atoms with Gasteiger partial charge in [-0.15, -0.1) is 0 Å². The predicted molar refractivity (Wildman–Crippen MR) is 62.6 cm³/mol. The third-order valence-corrected chi connectivity index (χ3v) is 2.42. The van der Waals surface area contributed by atoms with Crippen LogP contribution >= 0.6 is 0 Å². The van der Waals surface area contributed by atoms with Crippen molar-refractivity contribution in [2.75, 3.05) is 13.1 Å². The van der Waals surface area contributed by atoms with Crippen LogP contribution in [0.2, 0.25) is 0 Å². The molecule has 0 aromatic heterocycles. The predicted octanol–water partition coefficient (Wildman–Crippen LogP) is 3.20. The van der Waals surface area contributed by atoms with Gasteiger partial charge in [0.1, 0.15) is 5.84 Å². The van der Waals surface area contributed by atoms with E-state index in [2.05, 4.69) is 30.7 Å². The van der Waals surface area contributed by atoms with Crippen molar-refractivity contribution in [2.45, 2.75) is 46.5 Å². The lowest BCUT2D eigenvalue weighted by Gasteiger charge is -2.19. The molecule has 2 heteroatoms. The van der Waals surface area contributed by atoms with Gasteiger partial charge in [0, 0.05) is 25.7 Å². The van der Waals surface area contributed by atoms with Crippen molar-refractivity contribution in [2.24, 2.45) is 4.99 Å². The fraction of sp³-hybridized carbons (Fsp3) is 0.750. The molecule has 80 valence electrons. The van der Waals surface area contributed by atoms with E-state index in [0.717, 1.165) is 6.42 Å². The zero-order valence-corrected chi connectivity index (χ0v) is 9.71. The van der Waals surface area contributed by atoms with Gasteiger partial charge in [-0.3, -0.25) is 0 Å². The molecule has 0 aromatic carbocycles. The van der Waals surface area contributed by atoms with Crippen LogP contribution in [0.15, 0.2) is 16.8 Å². The number of hydrogen-bond acceptors (Lipinski definition) is 1. The molecule has 1 aliphatic rings. The first-order valence-corrected chi connectivity index (χ1v) is 5.69. The Bertz CT molecular complexity index is 218. The van der Waals surface area contributed by atoms with Crippen LogP contribution in [-0.2, 0) is 0 Å². The summed E-state index contributed by atoms with van der Waals surface area (Å²) in [6.45, 7) is 8.81. The average Bonchev–Trinajstić information content (AvgIpc) is 2.64. The lowest BCUT2D eigenvalue weighted by molar-refractivity contribution is 0.505. The van der Waals surface area contributed by atoms with Crippen molar-refractivity contribution in [1.82, 2.24) is 4.90 Å². The Balaban J connectivity index is 2.61. The first kappa shape index (κ1) is 11.3. The molecule has 0 N–H and O–H groups in total. The second-order valence-electron chi connectivity index (χ2n) is 4.20. The second kappa shape index (κ2) is 5.84. The highest BCUT2D eigenvalue weighted by molar-refractivity contribution is 5.83. The Morgan fingerprint density at radius 3 is 2.43 bits per heavy atom. The molecule has 0 atom stereocenters. The van der Waals surface area contributed by atoms with E-state index in [1.165, 1.54) is 43.8 Å². The van der Waals surface area contributed by atoms with Crippen LogP contribution in [0.1, 0.15) is 46.5 Å². The van der Waals surface area contributed by atoms with E-state index < -0.39 is 0 Å². The highest BCUT2D eigenvalue weighted by Crippen LogP contribution is 2.11. The maximum atomic E-state index is 4.58. The smallest absolute Gasteiger partial charge is 0.104 e. The molecule has 0 bridgehead atoms. The van der Waals surface area contributed by atoms with E-state index in [-0.39, 0.29) is 0 Å². The van der Waals surface area contributed by atoms with Gasteiger partial charge >= 0.3 is 0 Å². The SMILES string of the molecule is CCC/C(=N\C=C(C)C)N1CCCC1. The van der Waals surface area contributed by atoms with E-state index in [1.807, 2.05) is 6.20 Å². The van der Waals surface area contributed by atoms with Crippen molar-refractivity contribution in [3.8, 4) is 0 Å². The summed E-state index contributed by atoms with van der Waals surface area (Å²) in [6.07, 6.45) is 6.95. The van der Waals surface area contributed by atoms with Gasteiger partial charge in [0.05, 0.1) is 0 Å². The summed E-state index contributed by atoms with van der Waals surface area (Å²) in [5.41, 5.74) is 1.28. The molecule has 0 spiro atoms. The van der Waals surface area contributed by atoms with Crippen LogP contribution in [0.4, 0.5) is 0 Å². The van der Waals surface area contributed by atoms with Gasteiger partial charge in [-0.1, -0.05) is 12.5 Å². The molecule has 0 amide bonds. The van der Waals surface area contributed by atoms with Crippen LogP contribution in [0.5, 0.6) is 0 Å². The topological polar surface area (TPSA) is 15.6 Å². The Kier molecular flexibility index (Phi) is 4.71. The number of nitrogens with zero attached hydrogens (tertiary/aromatic N) is 2. The minimum Gasteiger partial charge on any atom is -0.360 e. The number of rotatable bonds is 3. The molecule has 1 heterocycles. The van der Waals surface area contributed by atoms with E-state index in [0.29, 0.717) is 0 Å². The number of hydrogen-bond donors (Lipinski definition) is 0. The van der Waals surface area contributed by atoms with Crippen LogP contribution in [0, 0.1) is 0 Å². The Morgan fingerprint density at radius 1 is 1.29 bits per heavy atom. The summed E-state index contributed by atoms with van der Waals surface area (Å²) in [6, 6.07) is 0. The van der Waals surface area contributed by atoms with Crippen LogP contribution < -0.4 is 0 Å². The number of aliphatic imine (C=N–C) groups is 1. The standard InChI is InChI=1S/C12H22N2/c1-4-7-12(13-10-11(2)3)14-8-5-6-9-14/h10H,4-9H2,1-3H3/b13-12+. The number of likely N-dealkylation sites (tertiary alicyclic amines) is 1. The van der Waals surface area contributed by atoms with Crippen molar-refractivity contribution >= 4 is 5.84 Å². The first-order valence-electron chi connectivity index (χ1n) is 5.69. The van der Waals surface area contributed by atoms with Gasteiger partial charge in [-0.2, -0.15) is 0 Å². The molecule has 0 saturated carbocycles. The monoisotopic (exact) mass is 194 g/mol. The summed E-state index contributed by atoms with van der Waals surface area (Å²) in [5.74, 6) is 1.28. The summed E-state index contributed by atoms with van der Waals surface area (Å²) in [5, 5.41) is 0. The third-order valence-electron chi connectivity index (χ3n) is 2.42. The highest BCUT2D eigenvalue weighted by atomic mass is 15.2. The van der Waals surface area contributed by atoms with Crippen LogP contribution in [-0.4, -0.2) is 23.8 Å². The van der Waals surface area contributed by atoms with Gasteiger partial charge in [-0.05, 0) is 33.1 Å². The lowest BCUT2D eigenvalue weighted by atomic mass is 10.3. The van der Waals surface area contributed by atoms with E-state index in [4.69, 9.17) is 0 Å². The second-order valence-corrected chi connectivity index (χ2v) is 4.20. The molecular formula is C12H22N2. The molecular weight excluding hydrogens is 172 g/mol. The number of amidine groups is 1. The fourth-order valence-corrected chi connectivity index (χ4v) is 1.71. The maximum Gasteiger partial charge on any atom is 0.104 e.